The minimum absolute atomic E-state index is 0.213. The average Bonchev–Trinajstić information content (AvgIpc) is 2.51. The van der Waals surface area contributed by atoms with Crippen LogP contribution in [0.1, 0.15) is 29.7 Å². The molecule has 1 aliphatic carbocycles. The number of nitrogens with one attached hydrogen (secondary N) is 1. The van der Waals surface area contributed by atoms with E-state index >= 15 is 0 Å². The molecular weight excluding hydrogens is 186 g/mol. The Kier molecular flexibility index (Phi) is 3.08. The minimum atomic E-state index is 0.213. The molecule has 2 heteroatoms. The van der Waals surface area contributed by atoms with Crippen molar-refractivity contribution in [2.45, 2.75) is 26.3 Å². The summed E-state index contributed by atoms with van der Waals surface area (Å²) < 4.78 is 0. The van der Waals surface area contributed by atoms with Gasteiger partial charge in [0.15, 0.2) is 0 Å². The Bertz CT molecular complexity index is 348. The van der Waals surface area contributed by atoms with Crippen molar-refractivity contribution >= 4 is 0 Å². The van der Waals surface area contributed by atoms with Crippen molar-refractivity contribution in [2.24, 2.45) is 5.92 Å². The van der Waals surface area contributed by atoms with Crippen LogP contribution in [0.15, 0.2) is 18.2 Å². The molecule has 0 radical (unpaired) electrons. The highest BCUT2D eigenvalue weighted by Gasteiger charge is 2.28. The summed E-state index contributed by atoms with van der Waals surface area (Å²) >= 11 is 0. The van der Waals surface area contributed by atoms with Gasteiger partial charge in [0.2, 0.25) is 0 Å². The Morgan fingerprint density at radius 2 is 2.27 bits per heavy atom. The maximum atomic E-state index is 8.85. The molecule has 0 bridgehead atoms. The highest BCUT2D eigenvalue weighted by Crippen LogP contribution is 2.36. The van der Waals surface area contributed by atoms with E-state index in [-0.39, 0.29) is 6.61 Å². The first-order chi connectivity index (χ1) is 7.22. The third kappa shape index (κ3) is 2.06. The van der Waals surface area contributed by atoms with Crippen LogP contribution in [0, 0.1) is 12.8 Å². The van der Waals surface area contributed by atoms with Gasteiger partial charge < -0.3 is 10.4 Å². The molecule has 0 saturated carbocycles. The Hall–Kier alpha value is -0.860. The maximum absolute atomic E-state index is 8.85. The molecule has 1 aromatic carbocycles. The van der Waals surface area contributed by atoms with Gasteiger partial charge in [-0.05, 0) is 30.4 Å². The summed E-state index contributed by atoms with van der Waals surface area (Å²) in [5.41, 5.74) is 4.21. The van der Waals surface area contributed by atoms with Gasteiger partial charge in [-0.1, -0.05) is 30.7 Å². The Morgan fingerprint density at radius 3 is 3.00 bits per heavy atom. The molecule has 82 valence electrons. The van der Waals surface area contributed by atoms with E-state index in [1.54, 1.807) is 0 Å². The van der Waals surface area contributed by atoms with Gasteiger partial charge in [0, 0.05) is 12.6 Å². The van der Waals surface area contributed by atoms with E-state index in [4.69, 9.17) is 5.11 Å². The van der Waals surface area contributed by atoms with E-state index in [0.717, 1.165) is 6.42 Å². The number of benzene rings is 1. The summed E-state index contributed by atoms with van der Waals surface area (Å²) in [5.74, 6) is 0.633. The lowest BCUT2D eigenvalue weighted by atomic mass is 10.0. The Balaban J connectivity index is 2.23. The van der Waals surface area contributed by atoms with Crippen molar-refractivity contribution in [1.29, 1.82) is 0 Å². The molecular formula is C13H19NO. The predicted molar refractivity (Wildman–Crippen MR) is 61.9 cm³/mol. The average molecular weight is 205 g/mol. The van der Waals surface area contributed by atoms with Crippen LogP contribution in [0.5, 0.6) is 0 Å². The van der Waals surface area contributed by atoms with E-state index in [1.807, 2.05) is 0 Å². The molecule has 0 saturated heterocycles. The quantitative estimate of drug-likeness (QED) is 0.788. The molecule has 15 heavy (non-hydrogen) atoms. The van der Waals surface area contributed by atoms with Gasteiger partial charge >= 0.3 is 0 Å². The van der Waals surface area contributed by atoms with Crippen LogP contribution >= 0.6 is 0 Å². The second-order valence-electron chi connectivity index (χ2n) is 4.54. The van der Waals surface area contributed by atoms with E-state index in [9.17, 15) is 0 Å². The molecule has 2 rings (SSSR count). The second kappa shape index (κ2) is 4.33. The van der Waals surface area contributed by atoms with Crippen LogP contribution in [-0.4, -0.2) is 18.3 Å². The fraction of sp³-hybridized carbons (Fsp3) is 0.538. The van der Waals surface area contributed by atoms with Crippen LogP contribution in [0.3, 0.4) is 0 Å². The van der Waals surface area contributed by atoms with E-state index in [1.165, 1.54) is 16.7 Å². The summed E-state index contributed by atoms with van der Waals surface area (Å²) in [7, 11) is 0. The normalized spacial score (nSPS) is 24.2. The minimum Gasteiger partial charge on any atom is -0.395 e. The highest BCUT2D eigenvalue weighted by molar-refractivity contribution is 5.38. The first-order valence-corrected chi connectivity index (χ1v) is 5.66. The molecule has 2 nitrogen and oxygen atoms in total. The number of hydrogen-bond acceptors (Lipinski definition) is 2. The molecule has 2 atom stereocenters. The number of aliphatic hydroxyl groups excluding tert-OH is 1. The lowest BCUT2D eigenvalue weighted by Crippen LogP contribution is -2.26. The summed E-state index contributed by atoms with van der Waals surface area (Å²) in [5, 5.41) is 12.3. The molecule has 0 spiro atoms. The van der Waals surface area contributed by atoms with Crippen molar-refractivity contribution in [2.75, 3.05) is 13.2 Å². The number of hydrogen-bond donors (Lipinski definition) is 2. The smallest absolute Gasteiger partial charge is 0.0556 e. The zero-order chi connectivity index (χ0) is 10.8. The summed E-state index contributed by atoms with van der Waals surface area (Å²) in [6, 6.07) is 7.11. The molecule has 0 heterocycles. The van der Waals surface area contributed by atoms with E-state index in [2.05, 4.69) is 37.4 Å². The van der Waals surface area contributed by atoms with Crippen LogP contribution in [0.2, 0.25) is 0 Å². The van der Waals surface area contributed by atoms with Gasteiger partial charge in [0.05, 0.1) is 6.61 Å². The molecule has 0 aromatic heterocycles. The van der Waals surface area contributed by atoms with E-state index in [0.29, 0.717) is 18.5 Å². The van der Waals surface area contributed by atoms with Crippen molar-refractivity contribution in [3.63, 3.8) is 0 Å². The van der Waals surface area contributed by atoms with Crippen molar-refractivity contribution in [3.05, 3.63) is 34.9 Å². The maximum Gasteiger partial charge on any atom is 0.0556 e. The standard InChI is InChI=1S/C13H19NO/c1-9-3-4-11-8-10(2)13(12(11)7-9)14-5-6-15/h3-4,7,10,13-15H,5-6,8H2,1-2H3. The summed E-state index contributed by atoms with van der Waals surface area (Å²) in [4.78, 5) is 0. The van der Waals surface area contributed by atoms with E-state index < -0.39 is 0 Å². The fourth-order valence-corrected chi connectivity index (χ4v) is 2.49. The second-order valence-corrected chi connectivity index (χ2v) is 4.54. The number of aliphatic hydroxyl groups is 1. The van der Waals surface area contributed by atoms with Crippen LogP contribution in [0.4, 0.5) is 0 Å². The van der Waals surface area contributed by atoms with Gasteiger partial charge in [-0.25, -0.2) is 0 Å². The first-order valence-electron chi connectivity index (χ1n) is 5.66. The zero-order valence-corrected chi connectivity index (χ0v) is 9.46. The van der Waals surface area contributed by atoms with Gasteiger partial charge in [-0.15, -0.1) is 0 Å². The van der Waals surface area contributed by atoms with Crippen molar-refractivity contribution in [3.8, 4) is 0 Å². The van der Waals surface area contributed by atoms with Crippen molar-refractivity contribution < 1.29 is 5.11 Å². The van der Waals surface area contributed by atoms with Crippen LogP contribution < -0.4 is 5.32 Å². The van der Waals surface area contributed by atoms with Crippen LogP contribution in [0.25, 0.3) is 0 Å². The summed E-state index contributed by atoms with van der Waals surface area (Å²) in [6.07, 6.45) is 1.15. The monoisotopic (exact) mass is 205 g/mol. The third-order valence-electron chi connectivity index (χ3n) is 3.22. The molecule has 1 aliphatic rings. The SMILES string of the molecule is Cc1ccc2c(c1)C(NCCO)C(C)C2. The number of fused-ring (bicyclic) bond motifs is 1. The van der Waals surface area contributed by atoms with Crippen molar-refractivity contribution in [1.82, 2.24) is 5.32 Å². The lowest BCUT2D eigenvalue weighted by Gasteiger charge is -2.18. The Labute approximate surface area is 91.3 Å². The van der Waals surface area contributed by atoms with Gasteiger partial charge in [-0.3, -0.25) is 0 Å². The van der Waals surface area contributed by atoms with Gasteiger partial charge in [0.1, 0.15) is 0 Å². The van der Waals surface area contributed by atoms with Gasteiger partial charge in [-0.2, -0.15) is 0 Å². The first kappa shape index (κ1) is 10.7. The topological polar surface area (TPSA) is 32.3 Å². The number of aryl methyl sites for hydroxylation is 1. The lowest BCUT2D eigenvalue weighted by molar-refractivity contribution is 0.275. The van der Waals surface area contributed by atoms with Crippen LogP contribution in [-0.2, 0) is 6.42 Å². The predicted octanol–water partition coefficient (Wildman–Crippen LogP) is 1.81. The van der Waals surface area contributed by atoms with Gasteiger partial charge in [0.25, 0.3) is 0 Å². The third-order valence-corrected chi connectivity index (χ3v) is 3.22. The fourth-order valence-electron chi connectivity index (χ4n) is 2.49. The largest absolute Gasteiger partial charge is 0.395 e. The molecule has 2 N–H and O–H groups in total. The molecule has 0 aliphatic heterocycles. The molecule has 1 aromatic rings. The Morgan fingerprint density at radius 1 is 1.47 bits per heavy atom. The number of rotatable bonds is 3. The molecule has 2 unspecified atom stereocenters. The molecule has 0 amide bonds. The zero-order valence-electron chi connectivity index (χ0n) is 9.46. The summed E-state index contributed by atoms with van der Waals surface area (Å²) in [6.45, 7) is 5.30. The highest BCUT2D eigenvalue weighted by atomic mass is 16.3. The molecule has 0 fully saturated rings.